The fourth-order valence-electron chi connectivity index (χ4n) is 2.05. The largest absolute Gasteiger partial charge is 0.493 e. The smallest absolute Gasteiger partial charge is 0.262 e. The van der Waals surface area contributed by atoms with Crippen molar-refractivity contribution in [2.45, 2.75) is 6.54 Å². The number of nitriles is 1. The normalized spacial score (nSPS) is 10.8. The van der Waals surface area contributed by atoms with Gasteiger partial charge in [-0.25, -0.2) is 0 Å². The van der Waals surface area contributed by atoms with Crippen molar-refractivity contribution in [1.29, 1.82) is 5.26 Å². The number of benzene rings is 1. The highest BCUT2D eigenvalue weighted by Crippen LogP contribution is 2.35. The number of carbonyl (C=O) groups is 1. The van der Waals surface area contributed by atoms with Crippen molar-refractivity contribution in [3.8, 4) is 17.6 Å². The molecule has 0 aliphatic carbocycles. The molecule has 0 saturated carbocycles. The monoisotopic (exact) mass is 406 g/mol. The van der Waals surface area contributed by atoms with Gasteiger partial charge in [-0.2, -0.15) is 5.26 Å². The molecule has 0 spiro atoms. The molecule has 2 rings (SSSR count). The molecular weight excluding hydrogens is 392 g/mol. The summed E-state index contributed by atoms with van der Waals surface area (Å²) in [6.45, 7) is 0.383. The Morgan fingerprint density at radius 2 is 2.21 bits per heavy atom. The molecule has 0 fully saturated rings. The highest BCUT2D eigenvalue weighted by Gasteiger charge is 2.14. The Labute approximate surface area is 152 Å². The first-order chi connectivity index (χ1) is 11.6. The maximum Gasteiger partial charge on any atom is 0.262 e. The van der Waals surface area contributed by atoms with Crippen molar-refractivity contribution in [3.63, 3.8) is 0 Å². The van der Waals surface area contributed by atoms with Gasteiger partial charge in [0, 0.05) is 14.9 Å². The topological polar surface area (TPSA) is 71.3 Å². The van der Waals surface area contributed by atoms with E-state index in [0.717, 1.165) is 9.35 Å². The van der Waals surface area contributed by atoms with Gasteiger partial charge in [-0.3, -0.25) is 4.79 Å². The highest BCUT2D eigenvalue weighted by atomic mass is 79.9. The summed E-state index contributed by atoms with van der Waals surface area (Å²) in [6, 6.07) is 9.26. The first-order valence-corrected chi connectivity index (χ1v) is 8.60. The second kappa shape index (κ2) is 8.52. The predicted molar refractivity (Wildman–Crippen MR) is 97.0 cm³/mol. The second-order valence-corrected chi connectivity index (χ2v) is 6.61. The van der Waals surface area contributed by atoms with Crippen LogP contribution in [0.5, 0.6) is 11.5 Å². The van der Waals surface area contributed by atoms with Crippen LogP contribution in [0.3, 0.4) is 0 Å². The van der Waals surface area contributed by atoms with Crippen LogP contribution in [-0.4, -0.2) is 20.1 Å². The lowest BCUT2D eigenvalue weighted by Gasteiger charge is -2.11. The number of thiophene rings is 1. The lowest BCUT2D eigenvalue weighted by atomic mass is 10.1. The summed E-state index contributed by atoms with van der Waals surface area (Å²) >= 11 is 4.92. The van der Waals surface area contributed by atoms with Crippen LogP contribution in [-0.2, 0) is 11.3 Å². The van der Waals surface area contributed by atoms with Crippen molar-refractivity contribution < 1.29 is 14.3 Å². The van der Waals surface area contributed by atoms with Crippen LogP contribution in [0.15, 0.2) is 39.7 Å². The van der Waals surface area contributed by atoms with Gasteiger partial charge in [0.15, 0.2) is 11.5 Å². The highest BCUT2D eigenvalue weighted by molar-refractivity contribution is 9.10. The van der Waals surface area contributed by atoms with Gasteiger partial charge in [0.25, 0.3) is 5.91 Å². The lowest BCUT2D eigenvalue weighted by Crippen LogP contribution is -2.23. The Morgan fingerprint density at radius 3 is 2.79 bits per heavy atom. The van der Waals surface area contributed by atoms with Gasteiger partial charge < -0.3 is 14.8 Å². The standard InChI is InChI=1S/C17H15BrN2O3S/c1-22-15-8-13(18)7-11(16(15)23-2)6-12(9-19)17(21)20-10-14-4-3-5-24-14/h3-8H,10H2,1-2H3,(H,20,21)/b12-6+. The molecule has 24 heavy (non-hydrogen) atoms. The minimum Gasteiger partial charge on any atom is -0.493 e. The van der Waals surface area contributed by atoms with Crippen LogP contribution in [0.4, 0.5) is 0 Å². The van der Waals surface area contributed by atoms with E-state index in [4.69, 9.17) is 9.47 Å². The molecular formula is C17H15BrN2O3S. The van der Waals surface area contributed by atoms with E-state index < -0.39 is 5.91 Å². The number of ether oxygens (including phenoxy) is 2. The summed E-state index contributed by atoms with van der Waals surface area (Å²) in [5.41, 5.74) is 0.566. The summed E-state index contributed by atoms with van der Waals surface area (Å²) in [5.74, 6) is 0.529. The van der Waals surface area contributed by atoms with Crippen LogP contribution in [0, 0.1) is 11.3 Å². The van der Waals surface area contributed by atoms with Crippen molar-refractivity contribution in [1.82, 2.24) is 5.32 Å². The van der Waals surface area contributed by atoms with Crippen molar-refractivity contribution in [2.24, 2.45) is 0 Å². The first kappa shape index (κ1) is 18.0. The van der Waals surface area contributed by atoms with E-state index in [2.05, 4.69) is 21.2 Å². The molecule has 1 N–H and O–H groups in total. The number of methoxy groups -OCH3 is 2. The van der Waals surface area contributed by atoms with Crippen LogP contribution in [0.2, 0.25) is 0 Å². The Morgan fingerprint density at radius 1 is 1.42 bits per heavy atom. The lowest BCUT2D eigenvalue weighted by molar-refractivity contribution is -0.117. The molecule has 0 atom stereocenters. The molecule has 2 aromatic rings. The molecule has 0 radical (unpaired) electrons. The average molecular weight is 407 g/mol. The zero-order valence-corrected chi connectivity index (χ0v) is 15.5. The summed E-state index contributed by atoms with van der Waals surface area (Å²) in [5, 5.41) is 14.0. The Bertz CT molecular complexity index is 795. The third-order valence-corrected chi connectivity index (χ3v) is 4.47. The molecule has 0 unspecified atom stereocenters. The fourth-order valence-corrected chi connectivity index (χ4v) is 3.15. The van der Waals surface area contributed by atoms with E-state index in [9.17, 15) is 10.1 Å². The van der Waals surface area contributed by atoms with Gasteiger partial charge in [0.2, 0.25) is 0 Å². The second-order valence-electron chi connectivity index (χ2n) is 4.66. The average Bonchev–Trinajstić information content (AvgIpc) is 3.10. The van der Waals surface area contributed by atoms with Gasteiger partial charge in [0.05, 0.1) is 20.8 Å². The van der Waals surface area contributed by atoms with Gasteiger partial charge in [-0.05, 0) is 29.7 Å². The van der Waals surface area contributed by atoms with Crippen molar-refractivity contribution >= 4 is 39.2 Å². The quantitative estimate of drug-likeness (QED) is 0.585. The fraction of sp³-hybridized carbons (Fsp3) is 0.176. The number of hydrogen-bond acceptors (Lipinski definition) is 5. The van der Waals surface area contributed by atoms with Gasteiger partial charge in [-0.15, -0.1) is 11.3 Å². The van der Waals surface area contributed by atoms with Gasteiger partial charge >= 0.3 is 0 Å². The molecule has 0 bridgehead atoms. The number of nitrogens with one attached hydrogen (secondary N) is 1. The van der Waals surface area contributed by atoms with Gasteiger partial charge in [-0.1, -0.05) is 22.0 Å². The third-order valence-electron chi connectivity index (χ3n) is 3.14. The van der Waals surface area contributed by atoms with E-state index in [1.807, 2.05) is 23.6 Å². The predicted octanol–water partition coefficient (Wildman–Crippen LogP) is 3.75. The van der Waals surface area contributed by atoms with Crippen LogP contribution in [0.25, 0.3) is 6.08 Å². The molecule has 0 aliphatic heterocycles. The maximum absolute atomic E-state index is 12.2. The molecule has 0 saturated heterocycles. The van der Waals surface area contributed by atoms with E-state index in [1.54, 1.807) is 23.5 Å². The first-order valence-electron chi connectivity index (χ1n) is 6.93. The number of carbonyl (C=O) groups excluding carboxylic acids is 1. The molecule has 1 aromatic carbocycles. The zero-order chi connectivity index (χ0) is 17.5. The minimum absolute atomic E-state index is 0.00925. The van der Waals surface area contributed by atoms with E-state index in [0.29, 0.717) is 23.6 Å². The Balaban J connectivity index is 2.28. The molecule has 7 heteroatoms. The van der Waals surface area contributed by atoms with E-state index in [1.165, 1.54) is 20.3 Å². The Hall–Kier alpha value is -2.30. The van der Waals surface area contributed by atoms with E-state index >= 15 is 0 Å². The SMILES string of the molecule is COc1cc(Br)cc(/C=C(\C#N)C(=O)NCc2cccs2)c1OC. The van der Waals surface area contributed by atoms with Crippen molar-refractivity contribution in [2.75, 3.05) is 14.2 Å². The molecule has 0 aliphatic rings. The number of rotatable bonds is 6. The zero-order valence-electron chi connectivity index (χ0n) is 13.1. The number of hydrogen-bond donors (Lipinski definition) is 1. The maximum atomic E-state index is 12.2. The number of amides is 1. The van der Waals surface area contributed by atoms with Gasteiger partial charge in [0.1, 0.15) is 11.6 Å². The summed E-state index contributed by atoms with van der Waals surface area (Å²) in [6.07, 6.45) is 1.48. The summed E-state index contributed by atoms with van der Waals surface area (Å²) in [7, 11) is 3.03. The Kier molecular flexibility index (Phi) is 6.41. The third kappa shape index (κ3) is 4.37. The molecule has 1 amide bonds. The molecule has 124 valence electrons. The molecule has 1 heterocycles. The van der Waals surface area contributed by atoms with Crippen LogP contribution < -0.4 is 14.8 Å². The molecule has 1 aromatic heterocycles. The van der Waals surface area contributed by atoms with E-state index in [-0.39, 0.29) is 5.57 Å². The summed E-state index contributed by atoms with van der Waals surface area (Å²) in [4.78, 5) is 13.2. The van der Waals surface area contributed by atoms with Crippen molar-refractivity contribution in [3.05, 3.63) is 50.1 Å². The number of nitrogens with zero attached hydrogens (tertiary/aromatic N) is 1. The van der Waals surface area contributed by atoms with Crippen LogP contribution >= 0.6 is 27.3 Å². The minimum atomic E-state index is -0.438. The van der Waals surface area contributed by atoms with Crippen LogP contribution in [0.1, 0.15) is 10.4 Å². The summed E-state index contributed by atoms with van der Waals surface area (Å²) < 4.78 is 11.4. The number of halogens is 1. The molecule has 5 nitrogen and oxygen atoms in total.